The zero-order chi connectivity index (χ0) is 24.7. The van der Waals surface area contributed by atoms with Gasteiger partial charge < -0.3 is 8.85 Å². The van der Waals surface area contributed by atoms with Gasteiger partial charge in [0.25, 0.3) is 11.4 Å². The van der Waals surface area contributed by atoms with E-state index in [9.17, 15) is 20.2 Å². The van der Waals surface area contributed by atoms with E-state index in [2.05, 4.69) is 0 Å². The third kappa shape index (κ3) is 5.33. The largest absolute Gasteiger partial charge is 0.407 e. The van der Waals surface area contributed by atoms with E-state index in [1.165, 1.54) is 12.1 Å². The minimum atomic E-state index is -3.47. The van der Waals surface area contributed by atoms with E-state index in [1.54, 1.807) is 36.4 Å². The van der Waals surface area contributed by atoms with Gasteiger partial charge in [-0.05, 0) is 22.5 Å². The van der Waals surface area contributed by atoms with Crippen LogP contribution in [-0.4, -0.2) is 18.4 Å². The van der Waals surface area contributed by atoms with Crippen LogP contribution in [-0.2, 0) is 22.1 Å². The van der Waals surface area contributed by atoms with Crippen molar-refractivity contribution in [2.45, 2.75) is 13.2 Å². The van der Waals surface area contributed by atoms with E-state index < -0.39 is 18.4 Å². The van der Waals surface area contributed by atoms with Gasteiger partial charge in [-0.15, -0.1) is 0 Å². The fourth-order valence-corrected chi connectivity index (χ4v) is 6.90. The summed E-state index contributed by atoms with van der Waals surface area (Å²) in [5.74, 6) is 0. The molecule has 0 unspecified atom stereocenters. The minimum absolute atomic E-state index is 0.0461. The highest BCUT2D eigenvalue weighted by Crippen LogP contribution is 2.24. The van der Waals surface area contributed by atoms with E-state index in [0.717, 1.165) is 10.4 Å². The lowest BCUT2D eigenvalue weighted by Gasteiger charge is -2.31. The summed E-state index contributed by atoms with van der Waals surface area (Å²) in [4.78, 5) is 22.2. The number of nitro groups is 2. The lowest BCUT2D eigenvalue weighted by atomic mass is 10.2. The van der Waals surface area contributed by atoms with E-state index in [0.29, 0.717) is 11.1 Å². The third-order valence-electron chi connectivity index (χ3n) is 5.55. The number of nitrogens with zero attached hydrogens (tertiary/aromatic N) is 2. The predicted molar refractivity (Wildman–Crippen MR) is 134 cm³/mol. The van der Waals surface area contributed by atoms with Gasteiger partial charge in [0.1, 0.15) is 0 Å². The standard InChI is InChI=1S/C26H22N2O6Si/c29-27(30)25-17-9-7-11-21(25)19-33-35(23-13-3-1-4-14-23,24-15-5-2-6-16-24)34-20-22-12-8-10-18-26(22)28(31)32/h1-18H,19-20H2. The van der Waals surface area contributed by atoms with Crippen molar-refractivity contribution in [1.82, 2.24) is 0 Å². The van der Waals surface area contributed by atoms with Crippen molar-refractivity contribution in [2.24, 2.45) is 0 Å². The molecule has 0 bridgehead atoms. The van der Waals surface area contributed by atoms with E-state index >= 15 is 0 Å². The van der Waals surface area contributed by atoms with Gasteiger partial charge in [0, 0.05) is 12.1 Å². The van der Waals surface area contributed by atoms with Crippen LogP contribution < -0.4 is 10.4 Å². The van der Waals surface area contributed by atoms with E-state index in [4.69, 9.17) is 8.85 Å². The summed E-state index contributed by atoms with van der Waals surface area (Å²) in [5, 5.41) is 24.7. The molecule has 0 aliphatic heterocycles. The van der Waals surface area contributed by atoms with Crippen molar-refractivity contribution in [1.29, 1.82) is 0 Å². The highest BCUT2D eigenvalue weighted by Gasteiger charge is 2.43. The summed E-state index contributed by atoms with van der Waals surface area (Å²) in [6.45, 7) is -0.131. The monoisotopic (exact) mass is 486 g/mol. The van der Waals surface area contributed by atoms with Crippen LogP contribution in [0, 0.1) is 20.2 Å². The molecule has 0 saturated heterocycles. The second kappa shape index (κ2) is 10.8. The number of rotatable bonds is 10. The Kier molecular flexibility index (Phi) is 7.41. The van der Waals surface area contributed by atoms with Gasteiger partial charge in [-0.25, -0.2) is 0 Å². The summed E-state index contributed by atoms with van der Waals surface area (Å²) in [5.41, 5.74) is 0.733. The maximum atomic E-state index is 11.6. The Balaban J connectivity index is 1.79. The maximum absolute atomic E-state index is 11.6. The van der Waals surface area contributed by atoms with Gasteiger partial charge in [-0.1, -0.05) is 84.9 Å². The molecule has 0 saturated carbocycles. The first-order chi connectivity index (χ1) is 17.0. The summed E-state index contributed by atoms with van der Waals surface area (Å²) >= 11 is 0. The highest BCUT2D eigenvalue weighted by atomic mass is 28.4. The van der Waals surface area contributed by atoms with E-state index in [1.807, 2.05) is 60.7 Å². The molecule has 176 valence electrons. The second-order valence-corrected chi connectivity index (χ2v) is 10.7. The molecule has 0 N–H and O–H groups in total. The molecule has 0 aliphatic carbocycles. The fourth-order valence-electron chi connectivity index (χ4n) is 3.84. The van der Waals surface area contributed by atoms with Crippen molar-refractivity contribution in [3.05, 3.63) is 141 Å². The quantitative estimate of drug-likeness (QED) is 0.186. The molecule has 4 aromatic rings. The molecular formula is C26H22N2O6Si. The van der Waals surface area contributed by atoms with Crippen molar-refractivity contribution < 1.29 is 18.7 Å². The molecule has 8 nitrogen and oxygen atoms in total. The third-order valence-corrected chi connectivity index (χ3v) is 8.83. The molecule has 0 atom stereocenters. The molecule has 9 heteroatoms. The van der Waals surface area contributed by atoms with Crippen LogP contribution in [0.4, 0.5) is 11.4 Å². The number of nitro benzene ring substituents is 2. The van der Waals surface area contributed by atoms with Crippen LogP contribution in [0.2, 0.25) is 0 Å². The number of para-hydroxylation sites is 2. The molecule has 0 aromatic heterocycles. The van der Waals surface area contributed by atoms with Crippen LogP contribution in [0.3, 0.4) is 0 Å². The lowest BCUT2D eigenvalue weighted by molar-refractivity contribution is -0.385. The van der Waals surface area contributed by atoms with E-state index in [-0.39, 0.29) is 24.6 Å². The molecule has 4 rings (SSSR count). The first-order valence-corrected chi connectivity index (χ1v) is 12.7. The maximum Gasteiger partial charge on any atom is 0.407 e. The van der Waals surface area contributed by atoms with Crippen molar-refractivity contribution in [3.63, 3.8) is 0 Å². The molecule has 35 heavy (non-hydrogen) atoms. The zero-order valence-electron chi connectivity index (χ0n) is 18.7. The molecule has 0 heterocycles. The predicted octanol–water partition coefficient (Wildman–Crippen LogP) is 4.49. The lowest BCUT2D eigenvalue weighted by Crippen LogP contribution is -2.63. The van der Waals surface area contributed by atoms with Gasteiger partial charge in [-0.3, -0.25) is 20.2 Å². The van der Waals surface area contributed by atoms with Crippen LogP contribution >= 0.6 is 0 Å². The SMILES string of the molecule is O=[N+]([O-])c1ccccc1CO[Si](OCc1ccccc1[N+](=O)[O-])(c1ccccc1)c1ccccc1. The molecule has 4 aromatic carbocycles. The Morgan fingerprint density at radius 1 is 0.543 bits per heavy atom. The highest BCUT2D eigenvalue weighted by molar-refractivity contribution is 6.92. The summed E-state index contributed by atoms with van der Waals surface area (Å²) in [6, 6.07) is 31.5. The zero-order valence-corrected chi connectivity index (χ0v) is 19.7. The summed E-state index contributed by atoms with van der Waals surface area (Å²) < 4.78 is 13.1. The molecule has 0 aliphatic rings. The first-order valence-electron chi connectivity index (χ1n) is 10.8. The Morgan fingerprint density at radius 2 is 0.886 bits per heavy atom. The average Bonchev–Trinajstić information content (AvgIpc) is 2.90. The first kappa shape index (κ1) is 24.0. The number of hydrogen-bond donors (Lipinski definition) is 0. The fraction of sp³-hybridized carbons (Fsp3) is 0.0769. The van der Waals surface area contributed by atoms with Gasteiger partial charge in [-0.2, -0.15) is 0 Å². The van der Waals surface area contributed by atoms with Crippen LogP contribution in [0.25, 0.3) is 0 Å². The topological polar surface area (TPSA) is 105 Å². The Morgan fingerprint density at radius 3 is 1.26 bits per heavy atom. The Bertz CT molecular complexity index is 1210. The minimum Gasteiger partial charge on any atom is -0.383 e. The molecule has 0 spiro atoms. The summed E-state index contributed by atoms with van der Waals surface area (Å²) in [6.07, 6.45) is 0. The molecular weight excluding hydrogens is 464 g/mol. The van der Waals surface area contributed by atoms with Gasteiger partial charge in [0.2, 0.25) is 0 Å². The van der Waals surface area contributed by atoms with Crippen LogP contribution in [0.15, 0.2) is 109 Å². The van der Waals surface area contributed by atoms with Crippen molar-refractivity contribution in [2.75, 3.05) is 0 Å². The van der Waals surface area contributed by atoms with Crippen LogP contribution in [0.5, 0.6) is 0 Å². The van der Waals surface area contributed by atoms with Crippen LogP contribution in [0.1, 0.15) is 11.1 Å². The average molecular weight is 487 g/mol. The van der Waals surface area contributed by atoms with Gasteiger partial charge in [0.15, 0.2) is 0 Å². The molecule has 0 amide bonds. The summed E-state index contributed by atoms with van der Waals surface area (Å²) in [7, 11) is -3.47. The smallest absolute Gasteiger partial charge is 0.383 e. The van der Waals surface area contributed by atoms with Crippen molar-refractivity contribution >= 4 is 30.3 Å². The Hall–Kier alpha value is -4.18. The number of benzene rings is 4. The number of hydrogen-bond acceptors (Lipinski definition) is 6. The Labute approximate surface area is 202 Å². The van der Waals surface area contributed by atoms with Gasteiger partial charge in [0.05, 0.1) is 34.2 Å². The molecule has 0 radical (unpaired) electrons. The van der Waals surface area contributed by atoms with Gasteiger partial charge >= 0.3 is 8.56 Å². The molecule has 0 fully saturated rings. The second-order valence-electron chi connectivity index (χ2n) is 7.70. The normalized spacial score (nSPS) is 11.2. The van der Waals surface area contributed by atoms with Crippen molar-refractivity contribution in [3.8, 4) is 0 Å².